The highest BCUT2D eigenvalue weighted by atomic mass is 19.1. The van der Waals surface area contributed by atoms with Crippen LogP contribution in [-0.4, -0.2) is 66.8 Å². The third-order valence-corrected chi connectivity index (χ3v) is 9.80. The van der Waals surface area contributed by atoms with E-state index in [2.05, 4.69) is 37.2 Å². The van der Waals surface area contributed by atoms with E-state index >= 15 is 0 Å². The van der Waals surface area contributed by atoms with Gasteiger partial charge < -0.3 is 24.8 Å². The fourth-order valence-electron chi connectivity index (χ4n) is 7.82. The molecule has 2 saturated heterocycles. The van der Waals surface area contributed by atoms with Crippen LogP contribution in [0.4, 0.5) is 14.9 Å². The first-order chi connectivity index (χ1) is 20.5. The Morgan fingerprint density at radius 3 is 2.71 bits per heavy atom. The van der Waals surface area contributed by atoms with Gasteiger partial charge in [-0.1, -0.05) is 18.6 Å². The Balaban J connectivity index is 1.14. The van der Waals surface area contributed by atoms with Crippen LogP contribution in [0.15, 0.2) is 42.7 Å². The van der Waals surface area contributed by atoms with E-state index in [1.807, 2.05) is 18.2 Å². The van der Waals surface area contributed by atoms with E-state index in [9.17, 15) is 19.7 Å². The second-order valence-corrected chi connectivity index (χ2v) is 12.0. The largest absolute Gasteiger partial charge is 0.453 e. The van der Waals surface area contributed by atoms with E-state index in [1.54, 1.807) is 12.4 Å². The SMILES string of the molecule is COC(=O)N[C@H]1CCC[C@@H]1[C@](C#N)(c1cccc(F)c1)C1CCN(CC2CN(c3ccc(C#N)c4nc[nH]c34)C2)CC1. The molecule has 3 heterocycles. The number of carbonyl (C=O) groups excluding carboxylic acids is 1. The highest BCUT2D eigenvalue weighted by Gasteiger charge is 2.52. The number of methoxy groups -OCH3 is 1. The fraction of sp³-hybridized carbons (Fsp3) is 0.500. The van der Waals surface area contributed by atoms with Gasteiger partial charge >= 0.3 is 6.09 Å². The summed E-state index contributed by atoms with van der Waals surface area (Å²) in [6.45, 7) is 4.62. The molecule has 0 unspecified atom stereocenters. The predicted molar refractivity (Wildman–Crippen MR) is 156 cm³/mol. The zero-order valence-corrected chi connectivity index (χ0v) is 23.9. The smallest absolute Gasteiger partial charge is 0.407 e. The molecule has 1 aliphatic carbocycles. The van der Waals surface area contributed by atoms with E-state index in [0.717, 1.165) is 76.0 Å². The van der Waals surface area contributed by atoms with Crippen molar-refractivity contribution in [2.24, 2.45) is 17.8 Å². The van der Waals surface area contributed by atoms with Gasteiger partial charge in [0, 0.05) is 37.5 Å². The van der Waals surface area contributed by atoms with Crippen molar-refractivity contribution in [2.75, 3.05) is 44.7 Å². The lowest BCUT2D eigenvalue weighted by molar-refractivity contribution is 0.0938. The molecule has 2 N–H and O–H groups in total. The molecule has 2 aliphatic heterocycles. The number of carbonyl (C=O) groups is 1. The molecule has 10 heteroatoms. The molecule has 0 spiro atoms. The number of anilines is 1. The van der Waals surface area contributed by atoms with Crippen molar-refractivity contribution in [1.82, 2.24) is 20.2 Å². The number of hydrogen-bond acceptors (Lipinski definition) is 7. The molecule has 3 aromatic rings. The molecule has 218 valence electrons. The Labute approximate surface area is 245 Å². The molecule has 3 fully saturated rings. The zero-order chi connectivity index (χ0) is 29.3. The highest BCUT2D eigenvalue weighted by molar-refractivity contribution is 5.92. The van der Waals surface area contributed by atoms with Gasteiger partial charge in [0.25, 0.3) is 0 Å². The topological polar surface area (TPSA) is 121 Å². The number of benzene rings is 2. The number of aromatic nitrogens is 2. The Bertz CT molecular complexity index is 1530. The molecule has 6 rings (SSSR count). The summed E-state index contributed by atoms with van der Waals surface area (Å²) in [6, 6.07) is 15.1. The number of amides is 1. The number of hydrogen-bond donors (Lipinski definition) is 2. The molecular formula is C32H36FN7O2. The number of fused-ring (bicyclic) bond motifs is 1. The lowest BCUT2D eigenvalue weighted by atomic mass is 9.59. The molecule has 1 amide bonds. The lowest BCUT2D eigenvalue weighted by Gasteiger charge is -2.48. The van der Waals surface area contributed by atoms with Crippen molar-refractivity contribution < 1.29 is 13.9 Å². The van der Waals surface area contributed by atoms with Crippen LogP contribution in [0.1, 0.15) is 43.2 Å². The van der Waals surface area contributed by atoms with Crippen LogP contribution in [-0.2, 0) is 10.2 Å². The first kappa shape index (κ1) is 28.0. The van der Waals surface area contributed by atoms with Crippen LogP contribution >= 0.6 is 0 Å². The number of halogens is 1. The molecule has 2 aromatic carbocycles. The minimum atomic E-state index is -0.894. The summed E-state index contributed by atoms with van der Waals surface area (Å²) in [5.74, 6) is 0.120. The van der Waals surface area contributed by atoms with Gasteiger partial charge in [-0.15, -0.1) is 0 Å². The number of aromatic amines is 1. The summed E-state index contributed by atoms with van der Waals surface area (Å²) in [5, 5.41) is 23.2. The molecule has 1 saturated carbocycles. The fourth-order valence-corrected chi connectivity index (χ4v) is 7.82. The predicted octanol–water partition coefficient (Wildman–Crippen LogP) is 4.71. The van der Waals surface area contributed by atoms with Gasteiger partial charge in [0.2, 0.25) is 0 Å². The summed E-state index contributed by atoms with van der Waals surface area (Å²) in [6.07, 6.45) is 5.31. The number of alkyl carbamates (subject to hydrolysis) is 1. The normalized spacial score (nSPS) is 23.1. The van der Waals surface area contributed by atoms with Gasteiger partial charge in [-0.2, -0.15) is 10.5 Å². The van der Waals surface area contributed by atoms with Crippen molar-refractivity contribution in [3.8, 4) is 12.1 Å². The van der Waals surface area contributed by atoms with Crippen molar-refractivity contribution in [3.63, 3.8) is 0 Å². The molecule has 0 bridgehead atoms. The third kappa shape index (κ3) is 4.94. The minimum Gasteiger partial charge on any atom is -0.453 e. The standard InChI is InChI=1S/C32H36FN7O2/c1-42-31(41)38-27-7-3-6-26(27)32(19-35,24-4-2-5-25(33)14-24)23-10-12-39(13-11-23)16-21-17-40(18-21)28-9-8-22(15-34)29-30(28)37-20-36-29/h2,4-5,8-9,14,20-21,23,26-27H,3,6-7,10-13,16-18H2,1H3,(H,36,37)(H,38,41)/t26-,27-,32-/m0/s1. The first-order valence-corrected chi connectivity index (χ1v) is 14.8. The van der Waals surface area contributed by atoms with E-state index in [4.69, 9.17) is 4.74 Å². The van der Waals surface area contributed by atoms with Crippen molar-refractivity contribution in [3.05, 3.63) is 59.7 Å². The molecular weight excluding hydrogens is 533 g/mol. The number of ether oxygens (including phenoxy) is 1. The second kappa shape index (κ2) is 11.6. The molecule has 3 aliphatic rings. The Morgan fingerprint density at radius 1 is 1.19 bits per heavy atom. The number of nitriles is 2. The number of imidazole rings is 1. The van der Waals surface area contributed by atoms with Gasteiger partial charge in [0.15, 0.2) is 0 Å². The third-order valence-electron chi connectivity index (χ3n) is 9.80. The summed E-state index contributed by atoms with van der Waals surface area (Å²) in [4.78, 5) is 24.5. The maximum atomic E-state index is 14.5. The zero-order valence-electron chi connectivity index (χ0n) is 23.9. The van der Waals surface area contributed by atoms with E-state index in [-0.39, 0.29) is 23.7 Å². The minimum absolute atomic E-state index is 0.0517. The maximum Gasteiger partial charge on any atom is 0.407 e. The average Bonchev–Trinajstić information content (AvgIpc) is 3.67. The monoisotopic (exact) mass is 569 g/mol. The Hall–Kier alpha value is -4.15. The maximum absolute atomic E-state index is 14.5. The van der Waals surface area contributed by atoms with Crippen LogP contribution in [0.5, 0.6) is 0 Å². The number of likely N-dealkylation sites (tertiary alicyclic amines) is 1. The van der Waals surface area contributed by atoms with Crippen LogP contribution < -0.4 is 10.2 Å². The van der Waals surface area contributed by atoms with Crippen LogP contribution in [0.25, 0.3) is 11.0 Å². The number of H-pyrrole nitrogens is 1. The molecule has 0 radical (unpaired) electrons. The van der Waals surface area contributed by atoms with E-state index in [1.165, 1.54) is 19.2 Å². The molecule has 42 heavy (non-hydrogen) atoms. The lowest BCUT2D eigenvalue weighted by Crippen LogP contribution is -2.55. The quantitative estimate of drug-likeness (QED) is 0.423. The summed E-state index contributed by atoms with van der Waals surface area (Å²) in [7, 11) is 1.35. The van der Waals surface area contributed by atoms with Gasteiger partial charge in [-0.3, -0.25) is 0 Å². The molecule has 9 nitrogen and oxygen atoms in total. The highest BCUT2D eigenvalue weighted by Crippen LogP contribution is 2.50. The van der Waals surface area contributed by atoms with Crippen LogP contribution in [0.3, 0.4) is 0 Å². The van der Waals surface area contributed by atoms with Crippen LogP contribution in [0, 0.1) is 46.2 Å². The van der Waals surface area contributed by atoms with Crippen molar-refractivity contribution in [1.29, 1.82) is 10.5 Å². The number of nitrogens with zero attached hydrogens (tertiary/aromatic N) is 5. The number of nitrogens with one attached hydrogen (secondary N) is 2. The summed E-state index contributed by atoms with van der Waals surface area (Å²) >= 11 is 0. The Morgan fingerprint density at radius 2 is 2.00 bits per heavy atom. The average molecular weight is 570 g/mol. The van der Waals surface area contributed by atoms with Gasteiger partial charge in [-0.05, 0) is 74.5 Å². The van der Waals surface area contributed by atoms with Gasteiger partial charge in [0.05, 0.1) is 41.7 Å². The summed E-state index contributed by atoms with van der Waals surface area (Å²) < 4.78 is 19.4. The van der Waals surface area contributed by atoms with Crippen molar-refractivity contribution in [2.45, 2.75) is 43.6 Å². The van der Waals surface area contributed by atoms with Crippen molar-refractivity contribution >= 4 is 22.8 Å². The Kier molecular flexibility index (Phi) is 7.74. The van der Waals surface area contributed by atoms with E-state index in [0.29, 0.717) is 22.6 Å². The number of piperidine rings is 1. The van der Waals surface area contributed by atoms with Crippen LogP contribution in [0.2, 0.25) is 0 Å². The first-order valence-electron chi connectivity index (χ1n) is 14.8. The molecule has 1 aromatic heterocycles. The number of rotatable bonds is 7. The van der Waals surface area contributed by atoms with Gasteiger partial charge in [-0.25, -0.2) is 14.2 Å². The molecule has 3 atom stereocenters. The van der Waals surface area contributed by atoms with E-state index < -0.39 is 11.5 Å². The summed E-state index contributed by atoms with van der Waals surface area (Å²) in [5.41, 5.74) is 3.10. The van der Waals surface area contributed by atoms with Gasteiger partial charge in [0.1, 0.15) is 17.4 Å². The second-order valence-electron chi connectivity index (χ2n) is 12.0.